The van der Waals surface area contributed by atoms with E-state index in [1.54, 1.807) is 0 Å². The van der Waals surface area contributed by atoms with Crippen LogP contribution in [-0.2, 0) is 10.8 Å². The topological polar surface area (TPSA) is 6.48 Å². The molecule has 0 saturated heterocycles. The summed E-state index contributed by atoms with van der Waals surface area (Å²) in [7, 11) is 0. The number of hydrogen-bond donors (Lipinski definition) is 0. The molecule has 2 nitrogen and oxygen atoms in total. The molecule has 0 radical (unpaired) electrons. The molecular formula is C68H55BBrClN2. The normalized spacial score (nSPS) is 12.8. The van der Waals surface area contributed by atoms with Gasteiger partial charge in [-0.15, -0.1) is 0 Å². The maximum absolute atomic E-state index is 7.30. The highest BCUT2D eigenvalue weighted by atomic mass is 79.9. The van der Waals surface area contributed by atoms with Gasteiger partial charge in [-0.25, -0.2) is 0 Å². The van der Waals surface area contributed by atoms with Crippen LogP contribution in [0.1, 0.15) is 52.7 Å². The van der Waals surface area contributed by atoms with Crippen molar-refractivity contribution < 1.29 is 0 Å². The summed E-state index contributed by atoms with van der Waals surface area (Å²) in [6.45, 7) is 13.8. The summed E-state index contributed by atoms with van der Waals surface area (Å²) in [6.07, 6.45) is 0. The molecule has 0 atom stereocenters. The first-order valence-electron chi connectivity index (χ1n) is 25.3. The first-order valence-corrected chi connectivity index (χ1v) is 26.5. The number of halogens is 2. The van der Waals surface area contributed by atoms with E-state index in [9.17, 15) is 0 Å². The van der Waals surface area contributed by atoms with Gasteiger partial charge < -0.3 is 9.80 Å². The van der Waals surface area contributed by atoms with E-state index in [-0.39, 0.29) is 17.5 Å². The molecule has 2 aliphatic heterocycles. The van der Waals surface area contributed by atoms with Gasteiger partial charge in [0.05, 0.1) is 11.4 Å². The molecule has 354 valence electrons. The Kier molecular flexibility index (Phi) is 11.7. The van der Waals surface area contributed by atoms with Crippen LogP contribution in [-0.4, -0.2) is 6.71 Å². The van der Waals surface area contributed by atoms with Gasteiger partial charge >= 0.3 is 0 Å². The molecule has 0 spiro atoms. The third-order valence-electron chi connectivity index (χ3n) is 14.8. The molecule has 0 amide bonds. The molecule has 0 fully saturated rings. The highest BCUT2D eigenvalue weighted by molar-refractivity contribution is 9.10. The van der Waals surface area contributed by atoms with Crippen molar-refractivity contribution in [3.05, 3.63) is 245 Å². The summed E-state index contributed by atoms with van der Waals surface area (Å²) in [6, 6.07) is 82.9. The minimum atomic E-state index is -0.148. The standard InChI is InChI=1S/C68H55BBrClN2/c1-67(2,3)50-38-54(45-24-14-8-15-25-45)65(55(39-50)46-26-16-9-17-27-46)72-60-35-32-52(70)42-59(60)69-58-34-33-53(71)43-61(58)73(63-37-49(36-62(72)64(63)69)44-22-12-7-13-23-44)66-56(47-28-18-10-19-29-47)40-51(68(4,5)6)41-57(66)48-30-20-11-21-31-48/h7-43H,1-6H3. The van der Waals surface area contributed by atoms with Gasteiger partial charge in [0.2, 0.25) is 0 Å². The van der Waals surface area contributed by atoms with E-state index < -0.39 is 0 Å². The van der Waals surface area contributed by atoms with E-state index in [0.29, 0.717) is 5.02 Å². The fraction of sp³-hybridized carbons (Fsp3) is 0.118. The van der Waals surface area contributed by atoms with Gasteiger partial charge in [0.25, 0.3) is 6.71 Å². The van der Waals surface area contributed by atoms with E-state index in [4.69, 9.17) is 11.6 Å². The Labute approximate surface area is 444 Å². The predicted molar refractivity (Wildman–Crippen MR) is 318 cm³/mol. The zero-order valence-electron chi connectivity index (χ0n) is 42.1. The Morgan fingerprint density at radius 2 is 0.740 bits per heavy atom. The quantitative estimate of drug-likeness (QED) is 0.147. The minimum absolute atomic E-state index is 0.130. The third kappa shape index (κ3) is 8.31. The molecule has 10 aromatic carbocycles. The highest BCUT2D eigenvalue weighted by Gasteiger charge is 2.46. The first-order chi connectivity index (χ1) is 35.3. The summed E-state index contributed by atoms with van der Waals surface area (Å²) < 4.78 is 1.03. The Bertz CT molecular complexity index is 3590. The van der Waals surface area contributed by atoms with E-state index in [1.165, 1.54) is 38.6 Å². The lowest BCUT2D eigenvalue weighted by Gasteiger charge is -2.46. The molecule has 10 aromatic rings. The third-order valence-corrected chi connectivity index (χ3v) is 15.6. The van der Waals surface area contributed by atoms with Crippen molar-refractivity contribution in [3.8, 4) is 55.6 Å². The largest absolute Gasteiger partial charge is 0.310 e. The van der Waals surface area contributed by atoms with Crippen LogP contribution in [0.3, 0.4) is 0 Å². The average molecular weight is 1030 g/mol. The van der Waals surface area contributed by atoms with Crippen LogP contribution in [0.4, 0.5) is 34.1 Å². The lowest BCUT2D eigenvalue weighted by Crippen LogP contribution is -2.61. The van der Waals surface area contributed by atoms with Crippen LogP contribution in [0.5, 0.6) is 0 Å². The Hall–Kier alpha value is -7.37. The van der Waals surface area contributed by atoms with Gasteiger partial charge in [-0.3, -0.25) is 0 Å². The summed E-state index contributed by atoms with van der Waals surface area (Å²) in [5.41, 5.74) is 24.1. The lowest BCUT2D eigenvalue weighted by atomic mass is 9.33. The molecule has 0 aliphatic carbocycles. The van der Waals surface area contributed by atoms with Gasteiger partial charge in [-0.05, 0) is 132 Å². The zero-order chi connectivity index (χ0) is 50.2. The van der Waals surface area contributed by atoms with Crippen LogP contribution in [0.25, 0.3) is 55.6 Å². The molecule has 0 saturated carbocycles. The number of anilines is 6. The molecule has 73 heavy (non-hydrogen) atoms. The van der Waals surface area contributed by atoms with Crippen molar-refractivity contribution in [1.82, 2.24) is 0 Å². The van der Waals surface area contributed by atoms with Crippen molar-refractivity contribution in [1.29, 1.82) is 0 Å². The number of fused-ring (bicyclic) bond motifs is 4. The van der Waals surface area contributed by atoms with Crippen molar-refractivity contribution in [2.75, 3.05) is 9.80 Å². The molecule has 2 heterocycles. The second kappa shape index (κ2) is 18.3. The number of nitrogens with zero attached hydrogens (tertiary/aromatic N) is 2. The van der Waals surface area contributed by atoms with Crippen LogP contribution >= 0.6 is 27.5 Å². The van der Waals surface area contributed by atoms with Crippen LogP contribution in [0.2, 0.25) is 5.02 Å². The molecule has 0 aromatic heterocycles. The molecule has 0 bridgehead atoms. The summed E-state index contributed by atoms with van der Waals surface area (Å²) in [5.74, 6) is 0. The first kappa shape index (κ1) is 46.7. The summed E-state index contributed by atoms with van der Waals surface area (Å²) >= 11 is 11.3. The fourth-order valence-electron chi connectivity index (χ4n) is 11.2. The van der Waals surface area contributed by atoms with Crippen molar-refractivity contribution in [2.24, 2.45) is 0 Å². The maximum atomic E-state index is 7.30. The van der Waals surface area contributed by atoms with Gasteiger partial charge in [-0.1, -0.05) is 233 Å². The van der Waals surface area contributed by atoms with Crippen LogP contribution in [0.15, 0.2) is 229 Å². The Morgan fingerprint density at radius 1 is 0.356 bits per heavy atom. The smallest absolute Gasteiger partial charge is 0.252 e. The summed E-state index contributed by atoms with van der Waals surface area (Å²) in [4.78, 5) is 5.18. The van der Waals surface area contributed by atoms with Crippen molar-refractivity contribution in [2.45, 2.75) is 52.4 Å². The van der Waals surface area contributed by atoms with Gasteiger partial charge in [0.1, 0.15) is 0 Å². The molecular weight excluding hydrogens is 971 g/mol. The van der Waals surface area contributed by atoms with Gasteiger partial charge in [0, 0.05) is 54.5 Å². The molecule has 5 heteroatoms. The monoisotopic (exact) mass is 1020 g/mol. The predicted octanol–water partition coefficient (Wildman–Crippen LogP) is 18.1. The Morgan fingerprint density at radius 3 is 1.14 bits per heavy atom. The van der Waals surface area contributed by atoms with E-state index in [0.717, 1.165) is 83.1 Å². The van der Waals surface area contributed by atoms with Crippen LogP contribution in [0, 0.1) is 0 Å². The molecule has 0 N–H and O–H groups in total. The van der Waals surface area contributed by atoms with Gasteiger partial charge in [0.15, 0.2) is 0 Å². The van der Waals surface area contributed by atoms with E-state index in [1.807, 2.05) is 0 Å². The van der Waals surface area contributed by atoms with E-state index in [2.05, 4.69) is 292 Å². The van der Waals surface area contributed by atoms with Crippen molar-refractivity contribution in [3.63, 3.8) is 0 Å². The molecule has 12 rings (SSSR count). The SMILES string of the molecule is CC(C)(C)c1cc(-c2ccccc2)c(N2c3ccc(Br)cc3B3c4ccc(Cl)cc4N(c4c(-c5ccccc5)cc(C(C)(C)C)cc4-c4ccccc4)c4cc(-c5ccccc5)cc2c43)c(-c2ccccc2)c1. The molecule has 0 unspecified atom stereocenters. The fourth-order valence-corrected chi connectivity index (χ4v) is 11.7. The second-order valence-electron chi connectivity index (χ2n) is 21.6. The second-order valence-corrected chi connectivity index (χ2v) is 23.0. The molecule has 2 aliphatic rings. The average Bonchev–Trinajstić information content (AvgIpc) is 3.41. The van der Waals surface area contributed by atoms with Gasteiger partial charge in [-0.2, -0.15) is 0 Å². The Balaban J connectivity index is 1.28. The number of benzene rings is 10. The minimum Gasteiger partial charge on any atom is -0.310 e. The maximum Gasteiger partial charge on any atom is 0.252 e. The number of rotatable bonds is 7. The lowest BCUT2D eigenvalue weighted by molar-refractivity contribution is 0.590. The van der Waals surface area contributed by atoms with Crippen LogP contribution < -0.4 is 26.2 Å². The zero-order valence-corrected chi connectivity index (χ0v) is 44.4. The number of hydrogen-bond acceptors (Lipinski definition) is 2. The van der Waals surface area contributed by atoms with Crippen molar-refractivity contribution >= 4 is 84.8 Å². The summed E-state index contributed by atoms with van der Waals surface area (Å²) in [5, 5.41) is 0.686. The van der Waals surface area contributed by atoms with E-state index >= 15 is 0 Å². The highest BCUT2D eigenvalue weighted by Crippen LogP contribution is 2.55.